The van der Waals surface area contributed by atoms with E-state index in [-0.39, 0.29) is 5.56 Å². The molecule has 0 fully saturated rings. The van der Waals surface area contributed by atoms with Crippen LogP contribution in [0, 0.1) is 0 Å². The molecule has 1 atom stereocenters. The number of hydrogen-bond donors (Lipinski definition) is 2. The summed E-state index contributed by atoms with van der Waals surface area (Å²) in [6.45, 7) is 0. The van der Waals surface area contributed by atoms with Crippen molar-refractivity contribution in [3.05, 3.63) is 69.7 Å². The third-order valence-electron chi connectivity index (χ3n) is 2.92. The highest BCUT2D eigenvalue weighted by molar-refractivity contribution is 9.10. The first kappa shape index (κ1) is 13.8. The Morgan fingerprint density at radius 1 is 1.11 bits per heavy atom. The van der Waals surface area contributed by atoms with Gasteiger partial charge in [0.05, 0.1) is 11.7 Å². The standard InChI is InChI=1S/C15H13BrO3/c16-13-8-4-1-5-10(13)9-14(17)11-6-2-3-7-12(11)15(18)19/h1-8,14,17H,9H2,(H,18,19). The maximum Gasteiger partial charge on any atom is 0.336 e. The summed E-state index contributed by atoms with van der Waals surface area (Å²) in [7, 11) is 0. The van der Waals surface area contributed by atoms with Gasteiger partial charge >= 0.3 is 5.97 Å². The van der Waals surface area contributed by atoms with Crippen molar-refractivity contribution in [3.8, 4) is 0 Å². The zero-order chi connectivity index (χ0) is 13.8. The molecule has 0 aliphatic rings. The van der Waals surface area contributed by atoms with Crippen molar-refractivity contribution in [2.45, 2.75) is 12.5 Å². The number of carboxylic acids is 1. The quantitative estimate of drug-likeness (QED) is 0.907. The first-order valence-corrected chi connectivity index (χ1v) is 6.62. The summed E-state index contributed by atoms with van der Waals surface area (Å²) in [5.41, 5.74) is 1.52. The largest absolute Gasteiger partial charge is 0.478 e. The van der Waals surface area contributed by atoms with Crippen LogP contribution in [0.4, 0.5) is 0 Å². The highest BCUT2D eigenvalue weighted by atomic mass is 79.9. The van der Waals surface area contributed by atoms with E-state index >= 15 is 0 Å². The van der Waals surface area contributed by atoms with Gasteiger partial charge in [-0.25, -0.2) is 4.79 Å². The van der Waals surface area contributed by atoms with Crippen LogP contribution in [-0.2, 0) is 6.42 Å². The number of carbonyl (C=O) groups is 1. The molecule has 98 valence electrons. The summed E-state index contributed by atoms with van der Waals surface area (Å²) in [6.07, 6.45) is -0.475. The Bertz CT molecular complexity index is 595. The molecule has 0 amide bonds. The molecule has 4 heteroatoms. The van der Waals surface area contributed by atoms with E-state index in [0.29, 0.717) is 12.0 Å². The first-order chi connectivity index (χ1) is 9.09. The van der Waals surface area contributed by atoms with E-state index in [1.807, 2.05) is 24.3 Å². The number of carboxylic acid groups (broad SMARTS) is 1. The molecule has 0 saturated carbocycles. The lowest BCUT2D eigenvalue weighted by atomic mass is 9.97. The number of halogens is 1. The summed E-state index contributed by atoms with van der Waals surface area (Å²) in [5.74, 6) is -1.03. The van der Waals surface area contributed by atoms with Crippen LogP contribution < -0.4 is 0 Å². The van der Waals surface area contributed by atoms with Gasteiger partial charge < -0.3 is 10.2 Å². The monoisotopic (exact) mass is 320 g/mol. The van der Waals surface area contributed by atoms with Crippen LogP contribution in [0.5, 0.6) is 0 Å². The van der Waals surface area contributed by atoms with E-state index in [1.165, 1.54) is 6.07 Å². The predicted molar refractivity (Wildman–Crippen MR) is 76.2 cm³/mol. The molecule has 1 unspecified atom stereocenters. The molecule has 2 N–H and O–H groups in total. The Morgan fingerprint density at radius 3 is 2.42 bits per heavy atom. The van der Waals surface area contributed by atoms with E-state index in [1.54, 1.807) is 18.2 Å². The van der Waals surface area contributed by atoms with E-state index < -0.39 is 12.1 Å². The molecule has 2 aromatic rings. The maximum atomic E-state index is 11.1. The van der Waals surface area contributed by atoms with Crippen molar-refractivity contribution in [2.24, 2.45) is 0 Å². The van der Waals surface area contributed by atoms with Crippen molar-refractivity contribution in [2.75, 3.05) is 0 Å². The molecule has 19 heavy (non-hydrogen) atoms. The fraction of sp³-hybridized carbons (Fsp3) is 0.133. The average Bonchev–Trinajstić information content (AvgIpc) is 2.41. The average molecular weight is 321 g/mol. The molecular formula is C15H13BrO3. The number of aliphatic hydroxyl groups is 1. The lowest BCUT2D eigenvalue weighted by Crippen LogP contribution is -2.09. The van der Waals surface area contributed by atoms with Gasteiger partial charge in [0.15, 0.2) is 0 Å². The topological polar surface area (TPSA) is 57.5 Å². The molecule has 0 spiro atoms. The Labute approximate surface area is 119 Å². The van der Waals surface area contributed by atoms with Gasteiger partial charge in [-0.2, -0.15) is 0 Å². The molecule has 3 nitrogen and oxygen atoms in total. The Hall–Kier alpha value is -1.65. The van der Waals surface area contributed by atoms with Crippen LogP contribution in [0.2, 0.25) is 0 Å². The highest BCUT2D eigenvalue weighted by Gasteiger charge is 2.17. The normalized spacial score (nSPS) is 12.1. The summed E-state index contributed by atoms with van der Waals surface area (Å²) < 4.78 is 0.904. The van der Waals surface area contributed by atoms with Crippen LogP contribution in [0.3, 0.4) is 0 Å². The van der Waals surface area contributed by atoms with Gasteiger partial charge in [0, 0.05) is 10.9 Å². The molecule has 2 aromatic carbocycles. The van der Waals surface area contributed by atoms with Crippen LogP contribution in [0.25, 0.3) is 0 Å². The third-order valence-corrected chi connectivity index (χ3v) is 3.69. The van der Waals surface area contributed by atoms with Gasteiger partial charge in [0.1, 0.15) is 0 Å². The lowest BCUT2D eigenvalue weighted by molar-refractivity contribution is 0.0689. The predicted octanol–water partition coefficient (Wildman–Crippen LogP) is 3.42. The molecule has 0 aliphatic carbocycles. The second kappa shape index (κ2) is 5.99. The van der Waals surface area contributed by atoms with Crippen LogP contribution >= 0.6 is 15.9 Å². The Morgan fingerprint density at radius 2 is 1.74 bits per heavy atom. The summed E-state index contributed by atoms with van der Waals surface area (Å²) >= 11 is 3.42. The Balaban J connectivity index is 2.28. The fourth-order valence-electron chi connectivity index (χ4n) is 1.96. The second-order valence-corrected chi connectivity index (χ2v) is 5.06. The van der Waals surface area contributed by atoms with Crippen molar-refractivity contribution in [3.63, 3.8) is 0 Å². The molecule has 0 aliphatic heterocycles. The maximum absolute atomic E-state index is 11.1. The van der Waals surface area contributed by atoms with Gasteiger partial charge in [-0.05, 0) is 23.3 Å². The van der Waals surface area contributed by atoms with Gasteiger partial charge in [0.25, 0.3) is 0 Å². The van der Waals surface area contributed by atoms with Crippen LogP contribution in [0.15, 0.2) is 53.0 Å². The minimum atomic E-state index is -1.03. The smallest absolute Gasteiger partial charge is 0.336 e. The van der Waals surface area contributed by atoms with Crippen molar-refractivity contribution >= 4 is 21.9 Å². The summed E-state index contributed by atoms with van der Waals surface area (Å²) in [4.78, 5) is 11.1. The van der Waals surface area contributed by atoms with Gasteiger partial charge in [-0.3, -0.25) is 0 Å². The van der Waals surface area contributed by atoms with Crippen molar-refractivity contribution in [1.82, 2.24) is 0 Å². The van der Waals surface area contributed by atoms with E-state index in [2.05, 4.69) is 15.9 Å². The molecule has 0 bridgehead atoms. The minimum absolute atomic E-state index is 0.141. The molecule has 0 saturated heterocycles. The van der Waals surface area contributed by atoms with Crippen LogP contribution in [-0.4, -0.2) is 16.2 Å². The minimum Gasteiger partial charge on any atom is -0.478 e. The summed E-state index contributed by atoms with van der Waals surface area (Å²) in [6, 6.07) is 14.1. The zero-order valence-electron chi connectivity index (χ0n) is 10.1. The van der Waals surface area contributed by atoms with E-state index in [0.717, 1.165) is 10.0 Å². The first-order valence-electron chi connectivity index (χ1n) is 5.83. The second-order valence-electron chi connectivity index (χ2n) is 4.20. The SMILES string of the molecule is O=C(O)c1ccccc1C(O)Cc1ccccc1Br. The molecule has 0 heterocycles. The fourth-order valence-corrected chi connectivity index (χ4v) is 2.41. The number of rotatable bonds is 4. The van der Waals surface area contributed by atoms with Gasteiger partial charge in [-0.15, -0.1) is 0 Å². The van der Waals surface area contributed by atoms with Crippen LogP contribution in [0.1, 0.15) is 27.6 Å². The number of aliphatic hydroxyl groups excluding tert-OH is 1. The zero-order valence-corrected chi connectivity index (χ0v) is 11.7. The van der Waals surface area contributed by atoms with Crippen molar-refractivity contribution in [1.29, 1.82) is 0 Å². The molecule has 0 aromatic heterocycles. The lowest BCUT2D eigenvalue weighted by Gasteiger charge is -2.14. The van der Waals surface area contributed by atoms with Gasteiger partial charge in [0.2, 0.25) is 0 Å². The Kier molecular flexibility index (Phi) is 4.35. The highest BCUT2D eigenvalue weighted by Crippen LogP contribution is 2.25. The molecular weight excluding hydrogens is 308 g/mol. The number of hydrogen-bond acceptors (Lipinski definition) is 2. The third kappa shape index (κ3) is 3.22. The van der Waals surface area contributed by atoms with Gasteiger partial charge in [-0.1, -0.05) is 52.3 Å². The molecule has 0 radical (unpaired) electrons. The van der Waals surface area contributed by atoms with Crippen molar-refractivity contribution < 1.29 is 15.0 Å². The number of benzene rings is 2. The summed E-state index contributed by atoms with van der Waals surface area (Å²) in [5, 5.41) is 19.4. The number of aromatic carboxylic acids is 1. The van der Waals surface area contributed by atoms with E-state index in [9.17, 15) is 9.90 Å². The van der Waals surface area contributed by atoms with E-state index in [4.69, 9.17) is 5.11 Å². The molecule has 2 rings (SSSR count).